The van der Waals surface area contributed by atoms with Gasteiger partial charge in [0.2, 0.25) is 11.8 Å². The van der Waals surface area contributed by atoms with E-state index in [2.05, 4.69) is 53.4 Å². The van der Waals surface area contributed by atoms with E-state index in [0.717, 1.165) is 12.8 Å². The standard InChI is InChI=1S/C16H21N3O/c1-16(2,11-9-13-7-5-4-6-8-13)19-15-17-12-10-14(18-15)20-3/h4-8,10,12H,9,11H2,1-3H3,(H,17,18,19). The molecule has 1 aromatic carbocycles. The molecule has 0 aliphatic carbocycles. The van der Waals surface area contributed by atoms with Crippen molar-refractivity contribution < 1.29 is 4.74 Å². The maximum absolute atomic E-state index is 5.11. The second-order valence-corrected chi connectivity index (χ2v) is 5.42. The summed E-state index contributed by atoms with van der Waals surface area (Å²) in [6.45, 7) is 4.30. The zero-order chi connectivity index (χ0) is 14.4. The second-order valence-electron chi connectivity index (χ2n) is 5.42. The molecule has 106 valence electrons. The fourth-order valence-electron chi connectivity index (χ4n) is 1.98. The van der Waals surface area contributed by atoms with Crippen LogP contribution in [0.25, 0.3) is 0 Å². The topological polar surface area (TPSA) is 47.0 Å². The van der Waals surface area contributed by atoms with E-state index in [-0.39, 0.29) is 5.54 Å². The Morgan fingerprint density at radius 2 is 1.90 bits per heavy atom. The van der Waals surface area contributed by atoms with E-state index in [1.165, 1.54) is 5.56 Å². The fraction of sp³-hybridized carbons (Fsp3) is 0.375. The van der Waals surface area contributed by atoms with E-state index in [0.29, 0.717) is 11.8 Å². The largest absolute Gasteiger partial charge is 0.481 e. The zero-order valence-electron chi connectivity index (χ0n) is 12.3. The Morgan fingerprint density at radius 3 is 2.60 bits per heavy atom. The smallest absolute Gasteiger partial charge is 0.226 e. The van der Waals surface area contributed by atoms with Crippen LogP contribution in [-0.2, 0) is 6.42 Å². The van der Waals surface area contributed by atoms with Crippen molar-refractivity contribution >= 4 is 5.95 Å². The first-order chi connectivity index (χ1) is 9.59. The summed E-state index contributed by atoms with van der Waals surface area (Å²) in [5, 5.41) is 3.36. The van der Waals surface area contributed by atoms with E-state index in [9.17, 15) is 0 Å². The Hall–Kier alpha value is -2.10. The maximum Gasteiger partial charge on any atom is 0.226 e. The van der Waals surface area contributed by atoms with Gasteiger partial charge in [0.1, 0.15) is 0 Å². The van der Waals surface area contributed by atoms with Crippen molar-refractivity contribution in [2.45, 2.75) is 32.2 Å². The van der Waals surface area contributed by atoms with Crippen LogP contribution in [-0.4, -0.2) is 22.6 Å². The third kappa shape index (κ3) is 4.23. The Morgan fingerprint density at radius 1 is 1.15 bits per heavy atom. The normalized spacial score (nSPS) is 11.2. The molecular weight excluding hydrogens is 250 g/mol. The van der Waals surface area contributed by atoms with Crippen molar-refractivity contribution in [3.63, 3.8) is 0 Å². The molecule has 0 bridgehead atoms. The molecule has 0 aliphatic heterocycles. The summed E-state index contributed by atoms with van der Waals surface area (Å²) in [4.78, 5) is 8.51. The van der Waals surface area contributed by atoms with Gasteiger partial charge in [-0.15, -0.1) is 0 Å². The summed E-state index contributed by atoms with van der Waals surface area (Å²) >= 11 is 0. The molecule has 0 radical (unpaired) electrons. The first kappa shape index (κ1) is 14.3. The highest BCUT2D eigenvalue weighted by Crippen LogP contribution is 2.19. The SMILES string of the molecule is COc1ccnc(NC(C)(C)CCc2ccccc2)n1. The van der Waals surface area contributed by atoms with Gasteiger partial charge in [-0.25, -0.2) is 4.98 Å². The maximum atomic E-state index is 5.11. The van der Waals surface area contributed by atoms with E-state index in [4.69, 9.17) is 4.74 Å². The number of hydrogen-bond donors (Lipinski definition) is 1. The van der Waals surface area contributed by atoms with Crippen LogP contribution in [0.3, 0.4) is 0 Å². The van der Waals surface area contributed by atoms with Crippen molar-refractivity contribution in [2.75, 3.05) is 12.4 Å². The average molecular weight is 271 g/mol. The summed E-state index contributed by atoms with van der Waals surface area (Å²) in [7, 11) is 1.60. The van der Waals surface area contributed by atoms with Crippen LogP contribution in [0.5, 0.6) is 5.88 Å². The van der Waals surface area contributed by atoms with Gasteiger partial charge < -0.3 is 10.1 Å². The molecule has 2 aromatic rings. The molecule has 0 atom stereocenters. The minimum absolute atomic E-state index is 0.0811. The molecule has 0 aliphatic rings. The fourth-order valence-corrected chi connectivity index (χ4v) is 1.98. The number of aromatic nitrogens is 2. The number of ether oxygens (including phenoxy) is 1. The Kier molecular flexibility index (Phi) is 4.56. The van der Waals surface area contributed by atoms with Gasteiger partial charge >= 0.3 is 0 Å². The first-order valence-electron chi connectivity index (χ1n) is 6.78. The number of hydrogen-bond acceptors (Lipinski definition) is 4. The molecule has 0 saturated heterocycles. The summed E-state index contributed by atoms with van der Waals surface area (Å²) in [5.74, 6) is 1.17. The molecule has 1 heterocycles. The summed E-state index contributed by atoms with van der Waals surface area (Å²) in [6, 6.07) is 12.2. The highest BCUT2D eigenvalue weighted by Gasteiger charge is 2.18. The number of nitrogens with one attached hydrogen (secondary N) is 1. The van der Waals surface area contributed by atoms with Gasteiger partial charge in [0.05, 0.1) is 7.11 Å². The van der Waals surface area contributed by atoms with E-state index in [1.807, 2.05) is 6.07 Å². The molecule has 1 aromatic heterocycles. The van der Waals surface area contributed by atoms with Crippen molar-refractivity contribution in [3.05, 3.63) is 48.2 Å². The lowest BCUT2D eigenvalue weighted by Gasteiger charge is -2.26. The number of methoxy groups -OCH3 is 1. The molecule has 0 spiro atoms. The highest BCUT2D eigenvalue weighted by atomic mass is 16.5. The Balaban J connectivity index is 1.96. The molecule has 0 fully saturated rings. The molecule has 2 rings (SSSR count). The zero-order valence-corrected chi connectivity index (χ0v) is 12.3. The monoisotopic (exact) mass is 271 g/mol. The summed E-state index contributed by atoms with van der Waals surface area (Å²) in [6.07, 6.45) is 3.71. The minimum Gasteiger partial charge on any atom is -0.481 e. The van der Waals surface area contributed by atoms with Gasteiger partial charge in [0.15, 0.2) is 0 Å². The lowest BCUT2D eigenvalue weighted by Crippen LogP contribution is -2.32. The van der Waals surface area contributed by atoms with Crippen molar-refractivity contribution in [2.24, 2.45) is 0 Å². The number of benzene rings is 1. The molecular formula is C16H21N3O. The van der Waals surface area contributed by atoms with Crippen molar-refractivity contribution in [1.82, 2.24) is 9.97 Å². The van der Waals surface area contributed by atoms with Crippen LogP contribution in [0.15, 0.2) is 42.6 Å². The molecule has 0 unspecified atom stereocenters. The van der Waals surface area contributed by atoms with E-state index < -0.39 is 0 Å². The summed E-state index contributed by atoms with van der Waals surface area (Å²) in [5.41, 5.74) is 1.26. The number of anilines is 1. The van der Waals surface area contributed by atoms with Crippen LogP contribution in [0.1, 0.15) is 25.8 Å². The lowest BCUT2D eigenvalue weighted by molar-refractivity contribution is 0.396. The Labute approximate surface area is 120 Å². The van der Waals surface area contributed by atoms with Gasteiger partial charge in [-0.05, 0) is 32.3 Å². The number of nitrogens with zero attached hydrogens (tertiary/aromatic N) is 2. The minimum atomic E-state index is -0.0811. The average Bonchev–Trinajstić information content (AvgIpc) is 2.46. The van der Waals surface area contributed by atoms with E-state index >= 15 is 0 Å². The van der Waals surface area contributed by atoms with Crippen LogP contribution >= 0.6 is 0 Å². The number of aryl methyl sites for hydroxylation is 1. The first-order valence-corrected chi connectivity index (χ1v) is 6.78. The summed E-state index contributed by atoms with van der Waals surface area (Å²) < 4.78 is 5.11. The number of rotatable bonds is 6. The van der Waals surface area contributed by atoms with Gasteiger partial charge in [-0.2, -0.15) is 4.98 Å². The van der Waals surface area contributed by atoms with Crippen LogP contribution in [0.2, 0.25) is 0 Å². The Bertz CT molecular complexity index is 540. The third-order valence-electron chi connectivity index (χ3n) is 3.17. The highest BCUT2D eigenvalue weighted by molar-refractivity contribution is 5.31. The lowest BCUT2D eigenvalue weighted by atomic mass is 9.95. The third-order valence-corrected chi connectivity index (χ3v) is 3.17. The van der Waals surface area contributed by atoms with Gasteiger partial charge in [-0.1, -0.05) is 30.3 Å². The second kappa shape index (κ2) is 6.37. The molecule has 4 nitrogen and oxygen atoms in total. The predicted octanol–water partition coefficient (Wildman–Crippen LogP) is 3.31. The van der Waals surface area contributed by atoms with Gasteiger partial charge in [-0.3, -0.25) is 0 Å². The van der Waals surface area contributed by atoms with Crippen molar-refractivity contribution in [1.29, 1.82) is 0 Å². The quantitative estimate of drug-likeness (QED) is 0.875. The van der Waals surface area contributed by atoms with Gasteiger partial charge in [0.25, 0.3) is 0 Å². The predicted molar refractivity (Wildman–Crippen MR) is 81.0 cm³/mol. The molecule has 0 saturated carbocycles. The van der Waals surface area contributed by atoms with Crippen LogP contribution < -0.4 is 10.1 Å². The van der Waals surface area contributed by atoms with Crippen LogP contribution in [0.4, 0.5) is 5.95 Å². The van der Waals surface area contributed by atoms with Crippen LogP contribution in [0, 0.1) is 0 Å². The van der Waals surface area contributed by atoms with Gasteiger partial charge in [0, 0.05) is 17.8 Å². The van der Waals surface area contributed by atoms with E-state index in [1.54, 1.807) is 19.4 Å². The molecule has 1 N–H and O–H groups in total. The molecule has 20 heavy (non-hydrogen) atoms. The molecule has 4 heteroatoms. The van der Waals surface area contributed by atoms with Crippen molar-refractivity contribution in [3.8, 4) is 5.88 Å². The molecule has 0 amide bonds.